The van der Waals surface area contributed by atoms with E-state index in [1.807, 2.05) is 0 Å². The number of hydrogen-bond acceptors (Lipinski definition) is 3. The van der Waals surface area contributed by atoms with E-state index in [4.69, 9.17) is 4.74 Å². The summed E-state index contributed by atoms with van der Waals surface area (Å²) in [7, 11) is 1.33. The predicted molar refractivity (Wildman–Crippen MR) is 104 cm³/mol. The molecule has 0 amide bonds. The molecule has 5 nitrogen and oxygen atoms in total. The highest BCUT2D eigenvalue weighted by Crippen LogP contribution is 2.46. The van der Waals surface area contributed by atoms with Gasteiger partial charge < -0.3 is 9.64 Å². The van der Waals surface area contributed by atoms with Crippen LogP contribution in [-0.2, 0) is 9.53 Å². The molecule has 1 aromatic rings. The van der Waals surface area contributed by atoms with E-state index in [1.54, 1.807) is 0 Å². The van der Waals surface area contributed by atoms with E-state index >= 15 is 0 Å². The first kappa shape index (κ1) is 18.1. The number of carbonyl (C=O) groups is 1. The monoisotopic (exact) mass is 351 g/mol. The fraction of sp³-hybridized carbons (Fsp3) is 0.381. The van der Waals surface area contributed by atoms with Crippen molar-refractivity contribution in [2.45, 2.75) is 18.8 Å². The number of carbonyl (C=O) groups excluding carboxylic acids is 1. The van der Waals surface area contributed by atoms with E-state index in [0.29, 0.717) is 23.7 Å². The highest BCUT2D eigenvalue weighted by Gasteiger charge is 2.42. The lowest BCUT2D eigenvalue weighted by Crippen LogP contribution is -2.30. The summed E-state index contributed by atoms with van der Waals surface area (Å²) in [4.78, 5) is 22.6. The van der Waals surface area contributed by atoms with Crippen LogP contribution < -0.4 is 0 Å². The molecule has 0 aromatic heterocycles. The molecule has 26 heavy (non-hydrogen) atoms. The van der Waals surface area contributed by atoms with Crippen molar-refractivity contribution in [1.29, 1.82) is 0 Å². The Bertz CT molecular complexity index is 725. The number of nitrogens with zero attached hydrogens (tertiary/aromatic N) is 3. The second-order valence-corrected chi connectivity index (χ2v) is 6.81. The molecule has 2 aliphatic rings. The highest BCUT2D eigenvalue weighted by molar-refractivity contribution is 6.42. The molecule has 1 saturated carbocycles. The summed E-state index contributed by atoms with van der Waals surface area (Å²) in [6, 6.07) is 10.7. The first-order chi connectivity index (χ1) is 12.7. The van der Waals surface area contributed by atoms with Gasteiger partial charge in [-0.15, -0.1) is 0 Å². The number of esters is 1. The molecule has 1 aliphatic carbocycles. The van der Waals surface area contributed by atoms with Crippen molar-refractivity contribution in [3.05, 3.63) is 61.3 Å². The highest BCUT2D eigenvalue weighted by atomic mass is 16.5. The van der Waals surface area contributed by atoms with Gasteiger partial charge in [-0.3, -0.25) is 0 Å². The summed E-state index contributed by atoms with van der Waals surface area (Å²) in [6.07, 6.45) is 5.22. The van der Waals surface area contributed by atoms with Crippen LogP contribution in [0.2, 0.25) is 0 Å². The molecule has 3 rings (SSSR count). The lowest BCUT2D eigenvalue weighted by molar-refractivity contribution is -0.132. The zero-order valence-electron chi connectivity index (χ0n) is 15.2. The van der Waals surface area contributed by atoms with Crippen LogP contribution in [0.1, 0.15) is 24.3 Å². The number of aliphatic imine (C=N–C) groups is 2. The second-order valence-electron chi connectivity index (χ2n) is 6.81. The third kappa shape index (κ3) is 3.77. The van der Waals surface area contributed by atoms with E-state index in [9.17, 15) is 4.79 Å². The Morgan fingerprint density at radius 3 is 2.38 bits per heavy atom. The Balaban J connectivity index is 1.71. The molecule has 2 fully saturated rings. The van der Waals surface area contributed by atoms with Crippen LogP contribution in [0.3, 0.4) is 0 Å². The van der Waals surface area contributed by atoms with Gasteiger partial charge >= 0.3 is 5.97 Å². The van der Waals surface area contributed by atoms with E-state index in [2.05, 4.69) is 58.4 Å². The normalized spacial score (nSPS) is 25.7. The summed E-state index contributed by atoms with van der Waals surface area (Å²) in [6.45, 7) is 9.11. The molecule has 0 spiro atoms. The molecule has 2 unspecified atom stereocenters. The maximum Gasteiger partial charge on any atom is 0.356 e. The fourth-order valence-electron chi connectivity index (χ4n) is 4.11. The molecule has 136 valence electrons. The number of hydrogen-bond donors (Lipinski definition) is 0. The third-order valence-corrected chi connectivity index (χ3v) is 5.32. The van der Waals surface area contributed by atoms with Gasteiger partial charge in [0.1, 0.15) is 0 Å². The molecule has 2 atom stereocenters. The Labute approximate surface area is 154 Å². The van der Waals surface area contributed by atoms with Gasteiger partial charge in [-0.25, -0.2) is 14.8 Å². The second kappa shape index (κ2) is 8.13. The van der Waals surface area contributed by atoms with Gasteiger partial charge in [0, 0.05) is 19.3 Å². The number of rotatable bonds is 4. The lowest BCUT2D eigenvalue weighted by atomic mass is 9.96. The van der Waals surface area contributed by atoms with Crippen LogP contribution in [0.25, 0.3) is 0 Å². The van der Waals surface area contributed by atoms with E-state index in [1.165, 1.54) is 37.8 Å². The average molecular weight is 351 g/mol. The number of methoxy groups -OCH3 is 1. The maximum atomic E-state index is 11.8. The van der Waals surface area contributed by atoms with Crippen molar-refractivity contribution < 1.29 is 9.53 Å². The van der Waals surface area contributed by atoms with Gasteiger partial charge in [0.2, 0.25) is 5.96 Å². The molecule has 0 bridgehead atoms. The molecule has 1 saturated heterocycles. The van der Waals surface area contributed by atoms with Crippen LogP contribution in [0, 0.1) is 11.8 Å². The Morgan fingerprint density at radius 1 is 1.19 bits per heavy atom. The Hall–Kier alpha value is -2.69. The Kier molecular flexibility index (Phi) is 5.66. The number of guanidine groups is 1. The van der Waals surface area contributed by atoms with Gasteiger partial charge in [-0.1, -0.05) is 43.5 Å². The van der Waals surface area contributed by atoms with E-state index < -0.39 is 5.97 Å². The van der Waals surface area contributed by atoms with Crippen LogP contribution in [0.15, 0.2) is 65.8 Å². The van der Waals surface area contributed by atoms with Crippen molar-refractivity contribution in [2.75, 3.05) is 20.2 Å². The smallest absolute Gasteiger partial charge is 0.356 e. The number of fused-ring (bicyclic) bond motifs is 1. The van der Waals surface area contributed by atoms with Crippen LogP contribution in [0.4, 0.5) is 0 Å². The van der Waals surface area contributed by atoms with Gasteiger partial charge in [0.05, 0.1) is 7.11 Å². The molecular weight excluding hydrogens is 326 g/mol. The summed E-state index contributed by atoms with van der Waals surface area (Å²) in [5.74, 6) is 1.87. The van der Waals surface area contributed by atoms with Crippen molar-refractivity contribution in [1.82, 2.24) is 4.90 Å². The van der Waals surface area contributed by atoms with Crippen LogP contribution in [0.5, 0.6) is 0 Å². The van der Waals surface area contributed by atoms with Crippen molar-refractivity contribution in [3.8, 4) is 0 Å². The number of ether oxygens (including phenoxy) is 1. The maximum absolute atomic E-state index is 11.8. The van der Waals surface area contributed by atoms with Crippen LogP contribution in [-0.4, -0.2) is 42.7 Å². The van der Waals surface area contributed by atoms with Gasteiger partial charge in [-0.2, -0.15) is 0 Å². The third-order valence-electron chi connectivity index (χ3n) is 5.32. The number of benzene rings is 1. The standard InChI is InChI=1S/C21H25N3O2/c1-4-19(20(25)26-3)23-21(22-5-2)24-13-17-11-16(12-18(17)14-24)15-9-7-6-8-10-15/h4-10,16-18H,1-2,11-14H2,3H3/b22-21+,23-19+. The lowest BCUT2D eigenvalue weighted by Gasteiger charge is -2.20. The van der Waals surface area contributed by atoms with Crippen molar-refractivity contribution in [2.24, 2.45) is 21.8 Å². The van der Waals surface area contributed by atoms with Crippen molar-refractivity contribution >= 4 is 17.6 Å². The Morgan fingerprint density at radius 2 is 1.85 bits per heavy atom. The van der Waals surface area contributed by atoms with Gasteiger partial charge in [-0.05, 0) is 42.2 Å². The van der Waals surface area contributed by atoms with Crippen molar-refractivity contribution in [3.63, 3.8) is 0 Å². The summed E-state index contributed by atoms with van der Waals surface area (Å²) < 4.78 is 4.74. The van der Waals surface area contributed by atoms with E-state index in [-0.39, 0.29) is 5.71 Å². The SMILES string of the molecule is C=C/N=C(\N=C(/C=C)C(=O)OC)N1CC2CC(c3ccccc3)CC2C1. The quantitative estimate of drug-likeness (QED) is 0.474. The van der Waals surface area contributed by atoms with E-state index in [0.717, 1.165) is 13.1 Å². The topological polar surface area (TPSA) is 54.3 Å². The van der Waals surface area contributed by atoms with Crippen LogP contribution >= 0.6 is 0 Å². The minimum Gasteiger partial charge on any atom is -0.464 e. The van der Waals surface area contributed by atoms with Gasteiger partial charge in [0.25, 0.3) is 0 Å². The minimum absolute atomic E-state index is 0.160. The fourth-order valence-corrected chi connectivity index (χ4v) is 4.11. The molecular formula is C21H25N3O2. The zero-order valence-corrected chi connectivity index (χ0v) is 15.2. The first-order valence-electron chi connectivity index (χ1n) is 8.94. The summed E-state index contributed by atoms with van der Waals surface area (Å²) in [5.41, 5.74) is 1.60. The average Bonchev–Trinajstić information content (AvgIpc) is 3.24. The van der Waals surface area contributed by atoms with Gasteiger partial charge in [0.15, 0.2) is 5.71 Å². The molecule has 0 N–H and O–H groups in total. The summed E-state index contributed by atoms with van der Waals surface area (Å²) >= 11 is 0. The molecule has 5 heteroatoms. The molecule has 1 aliphatic heterocycles. The minimum atomic E-state index is -0.514. The largest absolute Gasteiger partial charge is 0.464 e. The predicted octanol–water partition coefficient (Wildman–Crippen LogP) is 3.41. The molecule has 1 aromatic carbocycles. The molecule has 1 heterocycles. The summed E-state index contributed by atoms with van der Waals surface area (Å²) in [5, 5.41) is 0. The number of likely N-dealkylation sites (tertiary alicyclic amines) is 1. The zero-order chi connectivity index (χ0) is 18.5. The molecule has 0 radical (unpaired) electrons. The first-order valence-corrected chi connectivity index (χ1v) is 8.94.